The number of anilines is 1. The van der Waals surface area contributed by atoms with Gasteiger partial charge in [0.25, 0.3) is 0 Å². The zero-order valence-corrected chi connectivity index (χ0v) is 12.7. The molecule has 1 heterocycles. The minimum Gasteiger partial charge on any atom is -0.357 e. The molecule has 4 heteroatoms. The Hall–Kier alpha value is -0.640. The summed E-state index contributed by atoms with van der Waals surface area (Å²) in [5, 5.41) is 4.68. The predicted molar refractivity (Wildman–Crippen MR) is 78.3 cm³/mol. The zero-order valence-electron chi connectivity index (χ0n) is 11.9. The fourth-order valence-corrected chi connectivity index (χ4v) is 6.06. The lowest BCUT2D eigenvalue weighted by atomic mass is 9.48. The summed E-state index contributed by atoms with van der Waals surface area (Å²) in [7, 11) is 0. The van der Waals surface area contributed by atoms with Gasteiger partial charge in [-0.2, -0.15) is 4.37 Å². The highest BCUT2D eigenvalue weighted by Gasteiger charge is 2.53. The van der Waals surface area contributed by atoms with Gasteiger partial charge in [-0.25, -0.2) is 4.98 Å². The van der Waals surface area contributed by atoms with Gasteiger partial charge in [0.2, 0.25) is 5.13 Å². The van der Waals surface area contributed by atoms with E-state index < -0.39 is 0 Å². The van der Waals surface area contributed by atoms with E-state index in [-0.39, 0.29) is 0 Å². The van der Waals surface area contributed by atoms with Crippen LogP contribution in [0.2, 0.25) is 0 Å². The fourth-order valence-electron chi connectivity index (χ4n) is 5.40. The first-order valence-electron chi connectivity index (χ1n) is 7.70. The lowest BCUT2D eigenvalue weighted by molar-refractivity contribution is -0.0602. The minimum atomic E-state index is 0.549. The Morgan fingerprint density at radius 3 is 2.21 bits per heavy atom. The van der Waals surface area contributed by atoms with E-state index >= 15 is 0 Å². The predicted octanol–water partition coefficient (Wildman–Crippen LogP) is 3.86. The normalized spacial score (nSPS) is 41.5. The van der Waals surface area contributed by atoms with Crippen molar-refractivity contribution in [2.75, 3.05) is 5.32 Å². The van der Waals surface area contributed by atoms with Crippen LogP contribution in [-0.2, 0) is 0 Å². The summed E-state index contributed by atoms with van der Waals surface area (Å²) in [5.41, 5.74) is 0.550. The second kappa shape index (κ2) is 4.18. The van der Waals surface area contributed by atoms with E-state index in [1.54, 1.807) is 0 Å². The maximum atomic E-state index is 4.47. The largest absolute Gasteiger partial charge is 0.357 e. The fraction of sp³-hybridized carbons (Fsp3) is 0.867. The van der Waals surface area contributed by atoms with Gasteiger partial charge in [0.15, 0.2) is 0 Å². The van der Waals surface area contributed by atoms with Crippen LogP contribution >= 0.6 is 11.5 Å². The van der Waals surface area contributed by atoms with Crippen LogP contribution in [0.25, 0.3) is 0 Å². The van der Waals surface area contributed by atoms with Gasteiger partial charge in [-0.1, -0.05) is 0 Å². The van der Waals surface area contributed by atoms with Gasteiger partial charge in [-0.15, -0.1) is 0 Å². The molecule has 0 aromatic carbocycles. The molecule has 0 radical (unpaired) electrons. The van der Waals surface area contributed by atoms with E-state index in [4.69, 9.17) is 0 Å². The Morgan fingerprint density at radius 2 is 1.74 bits per heavy atom. The molecule has 1 aromatic rings. The number of hydrogen-bond donors (Lipinski definition) is 1. The lowest BCUT2D eigenvalue weighted by Gasteiger charge is -2.59. The topological polar surface area (TPSA) is 37.8 Å². The summed E-state index contributed by atoms with van der Waals surface area (Å²) in [6.45, 7) is 4.35. The van der Waals surface area contributed by atoms with Crippen LogP contribution in [0.15, 0.2) is 0 Å². The molecule has 19 heavy (non-hydrogen) atoms. The van der Waals surface area contributed by atoms with Crippen molar-refractivity contribution < 1.29 is 0 Å². The highest BCUT2D eigenvalue weighted by Crippen LogP contribution is 2.61. The van der Waals surface area contributed by atoms with Gasteiger partial charge >= 0.3 is 0 Å². The van der Waals surface area contributed by atoms with Crippen molar-refractivity contribution in [3.8, 4) is 0 Å². The summed E-state index contributed by atoms with van der Waals surface area (Å²) in [4.78, 5) is 4.47. The summed E-state index contributed by atoms with van der Waals surface area (Å²) in [5.74, 6) is 3.95. The first kappa shape index (κ1) is 12.1. The second-order valence-electron chi connectivity index (χ2n) is 7.29. The van der Waals surface area contributed by atoms with Gasteiger partial charge in [0.05, 0.1) is 0 Å². The van der Waals surface area contributed by atoms with Crippen molar-refractivity contribution in [3.05, 3.63) is 5.82 Å². The lowest BCUT2D eigenvalue weighted by Crippen LogP contribution is -2.52. The summed E-state index contributed by atoms with van der Waals surface area (Å²) < 4.78 is 4.28. The third kappa shape index (κ3) is 1.99. The Balaban J connectivity index is 1.54. The molecule has 1 aromatic heterocycles. The number of nitrogens with zero attached hydrogens (tertiary/aromatic N) is 2. The van der Waals surface area contributed by atoms with Crippen LogP contribution in [0, 0.1) is 30.1 Å². The third-order valence-electron chi connectivity index (χ3n) is 5.87. The van der Waals surface area contributed by atoms with Crippen molar-refractivity contribution >= 4 is 16.7 Å². The molecule has 1 unspecified atom stereocenters. The van der Waals surface area contributed by atoms with Crippen LogP contribution in [0.1, 0.15) is 51.3 Å². The molecule has 0 aliphatic heterocycles. The highest BCUT2D eigenvalue weighted by molar-refractivity contribution is 7.09. The maximum Gasteiger partial charge on any atom is 0.202 e. The molecule has 1 atom stereocenters. The van der Waals surface area contributed by atoms with Crippen molar-refractivity contribution in [2.24, 2.45) is 23.2 Å². The van der Waals surface area contributed by atoms with Crippen LogP contribution in [0.5, 0.6) is 0 Å². The second-order valence-corrected chi connectivity index (χ2v) is 8.04. The molecule has 5 rings (SSSR count). The molecule has 104 valence electrons. The van der Waals surface area contributed by atoms with Crippen molar-refractivity contribution in [2.45, 2.75) is 58.4 Å². The highest BCUT2D eigenvalue weighted by atomic mass is 32.1. The van der Waals surface area contributed by atoms with Crippen LogP contribution < -0.4 is 5.32 Å². The van der Waals surface area contributed by atoms with Crippen molar-refractivity contribution in [3.63, 3.8) is 0 Å². The summed E-state index contributed by atoms with van der Waals surface area (Å²) in [6.07, 6.45) is 8.90. The summed E-state index contributed by atoms with van der Waals surface area (Å²) >= 11 is 1.51. The molecule has 4 saturated carbocycles. The van der Waals surface area contributed by atoms with E-state index in [1.165, 1.54) is 50.1 Å². The van der Waals surface area contributed by atoms with Crippen LogP contribution in [0.3, 0.4) is 0 Å². The van der Waals surface area contributed by atoms with Gasteiger partial charge in [-0.3, -0.25) is 0 Å². The molecule has 0 spiro atoms. The standard InChI is InChI=1S/C15H23N3S/c1-9(16-14-17-10(2)18-19-14)15-6-11-3-12(7-15)5-13(4-11)8-15/h9,11-13H,3-8H2,1-2H3,(H,16,17,18). The maximum absolute atomic E-state index is 4.47. The number of nitrogens with one attached hydrogen (secondary N) is 1. The number of rotatable bonds is 3. The van der Waals surface area contributed by atoms with Gasteiger partial charge < -0.3 is 5.32 Å². The molecule has 4 bridgehead atoms. The smallest absolute Gasteiger partial charge is 0.202 e. The van der Waals surface area contributed by atoms with E-state index in [9.17, 15) is 0 Å². The molecule has 0 amide bonds. The van der Waals surface area contributed by atoms with Crippen LogP contribution in [-0.4, -0.2) is 15.4 Å². The van der Waals surface area contributed by atoms with Gasteiger partial charge in [-0.05, 0) is 75.5 Å². The quantitative estimate of drug-likeness (QED) is 0.911. The molecule has 1 N–H and O–H groups in total. The molecular weight excluding hydrogens is 254 g/mol. The molecule has 4 aliphatic carbocycles. The Labute approximate surface area is 119 Å². The first-order valence-corrected chi connectivity index (χ1v) is 8.47. The van der Waals surface area contributed by atoms with E-state index in [2.05, 4.69) is 21.6 Å². The molecule has 4 aliphatic rings. The molecular formula is C15H23N3S. The third-order valence-corrected chi connectivity index (χ3v) is 6.61. The van der Waals surface area contributed by atoms with E-state index in [1.807, 2.05) is 6.92 Å². The molecule has 0 saturated heterocycles. The average Bonchev–Trinajstić information content (AvgIpc) is 2.73. The first-order chi connectivity index (χ1) is 9.13. The number of hydrogen-bond acceptors (Lipinski definition) is 4. The molecule has 4 fully saturated rings. The monoisotopic (exact) mass is 277 g/mol. The Kier molecular flexibility index (Phi) is 2.66. The van der Waals surface area contributed by atoms with Crippen molar-refractivity contribution in [1.29, 1.82) is 0 Å². The Bertz CT molecular complexity index is 446. The van der Waals surface area contributed by atoms with E-state index in [0.29, 0.717) is 11.5 Å². The van der Waals surface area contributed by atoms with Crippen LogP contribution in [0.4, 0.5) is 5.13 Å². The molecule has 3 nitrogen and oxygen atoms in total. The van der Waals surface area contributed by atoms with Gasteiger partial charge in [0.1, 0.15) is 5.82 Å². The number of aryl methyl sites for hydroxylation is 1. The zero-order chi connectivity index (χ0) is 13.0. The van der Waals surface area contributed by atoms with E-state index in [0.717, 1.165) is 28.7 Å². The summed E-state index contributed by atoms with van der Waals surface area (Å²) in [6, 6.07) is 0.549. The minimum absolute atomic E-state index is 0.549. The van der Waals surface area contributed by atoms with Gasteiger partial charge in [0, 0.05) is 17.6 Å². The SMILES string of the molecule is Cc1nsc(NC(C)C23CC4CC(CC(C4)C2)C3)n1. The number of aromatic nitrogens is 2. The average molecular weight is 277 g/mol. The Morgan fingerprint density at radius 1 is 1.16 bits per heavy atom. The van der Waals surface area contributed by atoms with Crippen molar-refractivity contribution in [1.82, 2.24) is 9.36 Å².